The van der Waals surface area contributed by atoms with E-state index in [-0.39, 0.29) is 0 Å². The first-order valence-electron chi connectivity index (χ1n) is 10.9. The fourth-order valence-corrected chi connectivity index (χ4v) is 5.23. The number of aromatic nitrogens is 6. The van der Waals surface area contributed by atoms with Crippen LogP contribution in [0.25, 0.3) is 55.6 Å². The fraction of sp³-hybridized carbons (Fsp3) is 0. The molecule has 36 heavy (non-hydrogen) atoms. The van der Waals surface area contributed by atoms with Gasteiger partial charge in [0.25, 0.3) is 0 Å². The highest BCUT2D eigenvalue weighted by Crippen LogP contribution is 2.32. The van der Waals surface area contributed by atoms with Crippen LogP contribution in [-0.4, -0.2) is 19.9 Å². The Hall–Kier alpha value is -4.54. The van der Waals surface area contributed by atoms with Crippen molar-refractivity contribution in [1.82, 2.24) is 19.9 Å². The highest BCUT2D eigenvalue weighted by Gasteiger charge is 2.16. The Bertz CT molecular complexity index is 1570. The maximum absolute atomic E-state index is 12.1. The number of nitrogens with zero attached hydrogens (tertiary/aromatic N) is 6. The maximum atomic E-state index is 12.1. The topological polar surface area (TPSA) is 105 Å². The fourth-order valence-electron chi connectivity index (χ4n) is 3.66. The standard InChI is InChI=1S/C26H16N6O2S2/c33-31-13-3-1-11-23(31)17-7-5-9-19(27-17)25-29-21(15-35-25)22-16-36-26(30-22)20-10-6-8-18(28-20)24-12-2-4-14-32(24)34/h1-16H. The van der Waals surface area contributed by atoms with Crippen LogP contribution in [0.5, 0.6) is 0 Å². The third-order valence-electron chi connectivity index (χ3n) is 5.38. The van der Waals surface area contributed by atoms with Crippen LogP contribution in [0.3, 0.4) is 0 Å². The summed E-state index contributed by atoms with van der Waals surface area (Å²) in [5, 5.41) is 29.6. The number of rotatable bonds is 5. The normalized spacial score (nSPS) is 11.0. The van der Waals surface area contributed by atoms with Crippen molar-refractivity contribution in [3.8, 4) is 55.6 Å². The van der Waals surface area contributed by atoms with Crippen molar-refractivity contribution in [3.05, 3.63) is 106 Å². The quantitative estimate of drug-likeness (QED) is 0.240. The Labute approximate surface area is 213 Å². The Balaban J connectivity index is 1.29. The van der Waals surface area contributed by atoms with E-state index in [0.717, 1.165) is 30.9 Å². The lowest BCUT2D eigenvalue weighted by Gasteiger charge is -2.04. The minimum Gasteiger partial charge on any atom is -0.618 e. The molecule has 0 N–H and O–H groups in total. The number of pyridine rings is 4. The van der Waals surface area contributed by atoms with Gasteiger partial charge in [-0.25, -0.2) is 19.9 Å². The molecular weight excluding hydrogens is 492 g/mol. The van der Waals surface area contributed by atoms with Gasteiger partial charge >= 0.3 is 0 Å². The van der Waals surface area contributed by atoms with Crippen LogP contribution >= 0.6 is 22.7 Å². The summed E-state index contributed by atoms with van der Waals surface area (Å²) < 4.78 is 1.60. The highest BCUT2D eigenvalue weighted by atomic mass is 32.1. The predicted octanol–water partition coefficient (Wildman–Crippen LogP) is 4.99. The van der Waals surface area contributed by atoms with Crippen LogP contribution in [-0.2, 0) is 0 Å². The van der Waals surface area contributed by atoms with Crippen LogP contribution in [0.15, 0.2) is 96.0 Å². The average molecular weight is 509 g/mol. The number of hydrogen-bond donors (Lipinski definition) is 0. The molecule has 10 heteroatoms. The minimum atomic E-state index is 0.480. The summed E-state index contributed by atoms with van der Waals surface area (Å²) in [5.74, 6) is 0. The van der Waals surface area contributed by atoms with Gasteiger partial charge in [-0.1, -0.05) is 12.1 Å². The van der Waals surface area contributed by atoms with E-state index < -0.39 is 0 Å². The van der Waals surface area contributed by atoms with Gasteiger partial charge < -0.3 is 10.4 Å². The second kappa shape index (κ2) is 9.25. The summed E-state index contributed by atoms with van der Waals surface area (Å²) in [7, 11) is 0. The zero-order chi connectivity index (χ0) is 24.5. The molecule has 8 nitrogen and oxygen atoms in total. The van der Waals surface area contributed by atoms with Crippen molar-refractivity contribution in [2.45, 2.75) is 0 Å². The Kier molecular flexibility index (Phi) is 5.64. The van der Waals surface area contributed by atoms with Gasteiger partial charge in [0, 0.05) is 35.0 Å². The molecule has 0 saturated carbocycles. The van der Waals surface area contributed by atoms with Crippen molar-refractivity contribution >= 4 is 22.7 Å². The molecule has 0 bridgehead atoms. The molecule has 0 fully saturated rings. The lowest BCUT2D eigenvalue weighted by molar-refractivity contribution is -0.594. The van der Waals surface area contributed by atoms with E-state index in [0.29, 0.717) is 34.2 Å². The molecule has 0 spiro atoms. The van der Waals surface area contributed by atoms with Crippen molar-refractivity contribution in [2.24, 2.45) is 0 Å². The van der Waals surface area contributed by atoms with Crippen molar-refractivity contribution in [3.63, 3.8) is 0 Å². The molecule has 0 amide bonds. The van der Waals surface area contributed by atoms with E-state index in [1.807, 2.05) is 47.2 Å². The third kappa shape index (κ3) is 4.19. The van der Waals surface area contributed by atoms with Crippen LogP contribution in [0, 0.1) is 10.4 Å². The zero-order valence-corrected chi connectivity index (χ0v) is 20.2. The van der Waals surface area contributed by atoms with Crippen molar-refractivity contribution < 1.29 is 9.46 Å². The van der Waals surface area contributed by atoms with Gasteiger partial charge in [-0.05, 0) is 36.4 Å². The van der Waals surface area contributed by atoms with Crippen LogP contribution in [0.4, 0.5) is 0 Å². The second-order valence-corrected chi connectivity index (χ2v) is 9.43. The summed E-state index contributed by atoms with van der Waals surface area (Å²) in [6.07, 6.45) is 2.90. The first-order chi connectivity index (χ1) is 17.7. The van der Waals surface area contributed by atoms with Gasteiger partial charge in [-0.15, -0.1) is 22.7 Å². The van der Waals surface area contributed by atoms with E-state index in [2.05, 4.69) is 9.97 Å². The molecule has 6 heterocycles. The molecule has 0 atom stereocenters. The molecule has 6 aromatic heterocycles. The van der Waals surface area contributed by atoms with Crippen LogP contribution in [0.2, 0.25) is 0 Å². The number of thiazole rings is 2. The SMILES string of the molecule is [O-][n+]1ccccc1-c1cccc(-c2nc(-c3csc(-c4cccc(-c5cccc[n+]5[O-])n4)n3)cs2)n1. The van der Waals surface area contributed by atoms with E-state index in [1.54, 1.807) is 36.4 Å². The zero-order valence-electron chi connectivity index (χ0n) is 18.6. The largest absolute Gasteiger partial charge is 0.618 e. The van der Waals surface area contributed by atoms with E-state index in [9.17, 15) is 10.4 Å². The summed E-state index contributed by atoms with van der Waals surface area (Å²) in [6, 6.07) is 21.5. The van der Waals surface area contributed by atoms with E-state index in [1.165, 1.54) is 35.1 Å². The van der Waals surface area contributed by atoms with Crippen LogP contribution < -0.4 is 9.46 Å². The van der Waals surface area contributed by atoms with Gasteiger partial charge in [0.2, 0.25) is 11.4 Å². The molecule has 0 aliphatic carbocycles. The molecule has 0 unspecified atom stereocenters. The van der Waals surface area contributed by atoms with E-state index >= 15 is 0 Å². The number of hydrogen-bond acceptors (Lipinski definition) is 8. The third-order valence-corrected chi connectivity index (χ3v) is 7.11. The molecule has 6 rings (SSSR count). The van der Waals surface area contributed by atoms with Gasteiger partial charge in [0.1, 0.15) is 32.8 Å². The van der Waals surface area contributed by atoms with Gasteiger partial charge in [0.05, 0.1) is 11.4 Å². The Morgan fingerprint density at radius 2 is 0.917 bits per heavy atom. The molecule has 0 aliphatic heterocycles. The lowest BCUT2D eigenvalue weighted by atomic mass is 10.2. The molecule has 0 aliphatic rings. The lowest BCUT2D eigenvalue weighted by Crippen LogP contribution is -2.28. The van der Waals surface area contributed by atoms with Gasteiger partial charge in [-0.2, -0.15) is 9.46 Å². The maximum Gasteiger partial charge on any atom is 0.242 e. The summed E-state index contributed by atoms with van der Waals surface area (Å²) >= 11 is 2.93. The highest BCUT2D eigenvalue weighted by molar-refractivity contribution is 7.14. The Morgan fingerprint density at radius 3 is 1.36 bits per heavy atom. The monoisotopic (exact) mass is 508 g/mol. The minimum absolute atomic E-state index is 0.480. The van der Waals surface area contributed by atoms with Gasteiger partial charge in [0.15, 0.2) is 12.4 Å². The summed E-state index contributed by atoms with van der Waals surface area (Å²) in [5.41, 5.74) is 4.97. The molecule has 0 aromatic carbocycles. The molecule has 0 radical (unpaired) electrons. The second-order valence-electron chi connectivity index (χ2n) is 7.72. The van der Waals surface area contributed by atoms with Crippen LogP contribution in [0.1, 0.15) is 0 Å². The first kappa shape index (κ1) is 22.0. The van der Waals surface area contributed by atoms with E-state index in [4.69, 9.17) is 9.97 Å². The van der Waals surface area contributed by atoms with Crippen molar-refractivity contribution in [1.29, 1.82) is 0 Å². The average Bonchev–Trinajstić information content (AvgIpc) is 3.60. The summed E-state index contributed by atoms with van der Waals surface area (Å²) in [4.78, 5) is 18.8. The van der Waals surface area contributed by atoms with Gasteiger partial charge in [-0.3, -0.25) is 0 Å². The predicted molar refractivity (Wildman–Crippen MR) is 138 cm³/mol. The smallest absolute Gasteiger partial charge is 0.242 e. The molecular formula is C26H16N6O2S2. The molecule has 174 valence electrons. The van der Waals surface area contributed by atoms with Crippen molar-refractivity contribution in [2.75, 3.05) is 0 Å². The first-order valence-corrected chi connectivity index (χ1v) is 12.6. The Morgan fingerprint density at radius 1 is 0.472 bits per heavy atom. The molecule has 6 aromatic rings. The molecule has 0 saturated heterocycles. The summed E-state index contributed by atoms with van der Waals surface area (Å²) in [6.45, 7) is 0.